The third-order valence-corrected chi connectivity index (χ3v) is 2.72. The Hall–Kier alpha value is -2.06. The third-order valence-electron chi connectivity index (χ3n) is 2.72. The van der Waals surface area contributed by atoms with Gasteiger partial charge in [-0.2, -0.15) is 5.26 Å². The second-order valence-electron chi connectivity index (χ2n) is 4.43. The Kier molecular flexibility index (Phi) is 7.15. The van der Waals surface area contributed by atoms with Gasteiger partial charge in [0.2, 0.25) is 0 Å². The average Bonchev–Trinajstić information content (AvgIpc) is 2.46. The van der Waals surface area contributed by atoms with Crippen molar-refractivity contribution in [3.8, 4) is 11.8 Å². The molecule has 0 fully saturated rings. The van der Waals surface area contributed by atoms with E-state index in [-0.39, 0.29) is 18.6 Å². The van der Waals surface area contributed by atoms with Gasteiger partial charge < -0.3 is 14.8 Å². The van der Waals surface area contributed by atoms with Crippen molar-refractivity contribution in [3.05, 3.63) is 29.8 Å². The van der Waals surface area contributed by atoms with E-state index in [1.54, 1.807) is 31.4 Å². The molecule has 20 heavy (non-hydrogen) atoms. The number of hydrogen-bond acceptors (Lipinski definition) is 4. The van der Waals surface area contributed by atoms with Gasteiger partial charge in [-0.3, -0.25) is 4.79 Å². The number of nitriles is 1. The Bertz CT molecular complexity index is 445. The SMILES string of the molecule is CCCC(COC)NC(=O)COc1ccc(C#N)cc1. The smallest absolute Gasteiger partial charge is 0.258 e. The molecule has 1 aromatic rings. The molecule has 5 nitrogen and oxygen atoms in total. The minimum Gasteiger partial charge on any atom is -0.484 e. The largest absolute Gasteiger partial charge is 0.484 e. The predicted octanol–water partition coefficient (Wildman–Crippen LogP) is 1.87. The van der Waals surface area contributed by atoms with Gasteiger partial charge in [0.05, 0.1) is 24.3 Å². The highest BCUT2D eigenvalue weighted by Crippen LogP contribution is 2.11. The van der Waals surface area contributed by atoms with Crippen molar-refractivity contribution < 1.29 is 14.3 Å². The molecule has 0 heterocycles. The molecule has 0 saturated carbocycles. The van der Waals surface area contributed by atoms with Crippen molar-refractivity contribution in [1.82, 2.24) is 5.32 Å². The summed E-state index contributed by atoms with van der Waals surface area (Å²) in [6, 6.07) is 8.68. The van der Waals surface area contributed by atoms with Crippen LogP contribution in [0, 0.1) is 11.3 Å². The van der Waals surface area contributed by atoms with Gasteiger partial charge in [0.1, 0.15) is 5.75 Å². The first kappa shape index (κ1) is 16.0. The van der Waals surface area contributed by atoms with Gasteiger partial charge in [-0.05, 0) is 30.7 Å². The molecule has 1 N–H and O–H groups in total. The van der Waals surface area contributed by atoms with Gasteiger partial charge in [0.15, 0.2) is 6.61 Å². The topological polar surface area (TPSA) is 71.3 Å². The fourth-order valence-electron chi connectivity index (χ4n) is 1.79. The maximum atomic E-state index is 11.8. The predicted molar refractivity (Wildman–Crippen MR) is 75.4 cm³/mol. The summed E-state index contributed by atoms with van der Waals surface area (Å²) in [6.45, 7) is 2.51. The third kappa shape index (κ3) is 5.72. The summed E-state index contributed by atoms with van der Waals surface area (Å²) in [5.74, 6) is 0.391. The molecule has 0 saturated heterocycles. The first-order valence-electron chi connectivity index (χ1n) is 6.60. The number of nitrogens with zero attached hydrogens (tertiary/aromatic N) is 1. The van der Waals surface area contributed by atoms with E-state index in [2.05, 4.69) is 12.2 Å². The van der Waals surface area contributed by atoms with Crippen molar-refractivity contribution in [2.45, 2.75) is 25.8 Å². The summed E-state index contributed by atoms with van der Waals surface area (Å²) >= 11 is 0. The van der Waals surface area contributed by atoms with Crippen LogP contribution in [0.1, 0.15) is 25.3 Å². The first-order valence-corrected chi connectivity index (χ1v) is 6.60. The molecule has 1 atom stereocenters. The molecule has 0 aliphatic carbocycles. The first-order chi connectivity index (χ1) is 9.69. The van der Waals surface area contributed by atoms with Gasteiger partial charge >= 0.3 is 0 Å². The normalized spacial score (nSPS) is 11.4. The number of carbonyl (C=O) groups excluding carboxylic acids is 1. The Labute approximate surface area is 119 Å². The minimum absolute atomic E-state index is 0.0158. The number of hydrogen-bond donors (Lipinski definition) is 1. The Morgan fingerprint density at radius 3 is 2.65 bits per heavy atom. The molecular weight excluding hydrogens is 256 g/mol. The van der Waals surface area contributed by atoms with E-state index in [1.165, 1.54) is 0 Å². The highest BCUT2D eigenvalue weighted by Gasteiger charge is 2.11. The monoisotopic (exact) mass is 276 g/mol. The zero-order chi connectivity index (χ0) is 14.8. The molecule has 0 aromatic heterocycles. The maximum absolute atomic E-state index is 11.8. The molecular formula is C15H20N2O3. The van der Waals surface area contributed by atoms with Crippen LogP contribution in [0.5, 0.6) is 5.75 Å². The molecule has 0 aliphatic rings. The number of amides is 1. The molecule has 0 bridgehead atoms. The zero-order valence-corrected chi connectivity index (χ0v) is 11.9. The van der Waals surface area contributed by atoms with Crippen LogP contribution in [0.3, 0.4) is 0 Å². The lowest BCUT2D eigenvalue weighted by atomic mass is 10.2. The molecule has 1 unspecified atom stereocenters. The molecule has 1 amide bonds. The number of carbonyl (C=O) groups is 1. The summed E-state index contributed by atoms with van der Waals surface area (Å²) in [5, 5.41) is 11.6. The molecule has 5 heteroatoms. The molecule has 1 aromatic carbocycles. The van der Waals surface area contributed by atoms with Gasteiger partial charge in [-0.25, -0.2) is 0 Å². The lowest BCUT2D eigenvalue weighted by Gasteiger charge is -2.17. The minimum atomic E-state index is -0.176. The Morgan fingerprint density at radius 2 is 2.10 bits per heavy atom. The van der Waals surface area contributed by atoms with E-state index >= 15 is 0 Å². The van der Waals surface area contributed by atoms with Crippen LogP contribution in [0.4, 0.5) is 0 Å². The lowest BCUT2D eigenvalue weighted by Crippen LogP contribution is -2.40. The van der Waals surface area contributed by atoms with Crippen molar-refractivity contribution in [2.75, 3.05) is 20.3 Å². The van der Waals surface area contributed by atoms with Gasteiger partial charge in [-0.1, -0.05) is 13.3 Å². The van der Waals surface area contributed by atoms with Crippen molar-refractivity contribution >= 4 is 5.91 Å². The maximum Gasteiger partial charge on any atom is 0.258 e. The van der Waals surface area contributed by atoms with Crippen LogP contribution in [-0.4, -0.2) is 32.3 Å². The standard InChI is InChI=1S/C15H20N2O3/c1-3-4-13(10-19-2)17-15(18)11-20-14-7-5-12(9-16)6-8-14/h5-8,13H,3-4,10-11H2,1-2H3,(H,17,18). The van der Waals surface area contributed by atoms with E-state index in [0.29, 0.717) is 17.9 Å². The number of rotatable bonds is 8. The second kappa shape index (κ2) is 8.94. The average molecular weight is 276 g/mol. The van der Waals surface area contributed by atoms with Crippen molar-refractivity contribution in [3.63, 3.8) is 0 Å². The van der Waals surface area contributed by atoms with E-state index in [9.17, 15) is 4.79 Å². The molecule has 0 spiro atoms. The fourth-order valence-corrected chi connectivity index (χ4v) is 1.79. The Morgan fingerprint density at radius 1 is 1.40 bits per heavy atom. The van der Waals surface area contributed by atoms with Crippen LogP contribution in [0.2, 0.25) is 0 Å². The van der Waals surface area contributed by atoms with Crippen LogP contribution in [0.25, 0.3) is 0 Å². The van der Waals surface area contributed by atoms with E-state index in [0.717, 1.165) is 12.8 Å². The summed E-state index contributed by atoms with van der Waals surface area (Å²) < 4.78 is 10.4. The molecule has 108 valence electrons. The van der Waals surface area contributed by atoms with Gasteiger partial charge in [-0.15, -0.1) is 0 Å². The molecule has 0 aliphatic heterocycles. The van der Waals surface area contributed by atoms with Crippen LogP contribution in [0.15, 0.2) is 24.3 Å². The molecule has 1 rings (SSSR count). The van der Waals surface area contributed by atoms with Gasteiger partial charge in [0, 0.05) is 7.11 Å². The van der Waals surface area contributed by atoms with E-state index in [1.807, 2.05) is 6.07 Å². The quantitative estimate of drug-likeness (QED) is 0.786. The zero-order valence-electron chi connectivity index (χ0n) is 11.9. The molecule has 0 radical (unpaired) electrons. The number of methoxy groups -OCH3 is 1. The van der Waals surface area contributed by atoms with Crippen molar-refractivity contribution in [2.24, 2.45) is 0 Å². The van der Waals surface area contributed by atoms with Crippen LogP contribution >= 0.6 is 0 Å². The summed E-state index contributed by atoms with van der Waals surface area (Å²) in [4.78, 5) is 11.8. The van der Waals surface area contributed by atoms with E-state index < -0.39 is 0 Å². The summed E-state index contributed by atoms with van der Waals surface area (Å²) in [6.07, 6.45) is 1.85. The number of ether oxygens (including phenoxy) is 2. The number of benzene rings is 1. The fraction of sp³-hybridized carbons (Fsp3) is 0.467. The number of nitrogens with one attached hydrogen (secondary N) is 1. The second-order valence-corrected chi connectivity index (χ2v) is 4.43. The van der Waals surface area contributed by atoms with Crippen LogP contribution < -0.4 is 10.1 Å². The van der Waals surface area contributed by atoms with Crippen LogP contribution in [-0.2, 0) is 9.53 Å². The highest BCUT2D eigenvalue weighted by atomic mass is 16.5. The lowest BCUT2D eigenvalue weighted by molar-refractivity contribution is -0.124. The van der Waals surface area contributed by atoms with E-state index in [4.69, 9.17) is 14.7 Å². The summed E-state index contributed by atoms with van der Waals surface area (Å²) in [5.41, 5.74) is 0.560. The Balaban J connectivity index is 2.39. The summed E-state index contributed by atoms with van der Waals surface area (Å²) in [7, 11) is 1.61. The van der Waals surface area contributed by atoms with Crippen molar-refractivity contribution in [1.29, 1.82) is 5.26 Å². The highest BCUT2D eigenvalue weighted by molar-refractivity contribution is 5.77. The van der Waals surface area contributed by atoms with Gasteiger partial charge in [0.25, 0.3) is 5.91 Å².